The maximum Gasteiger partial charge on any atom is 0.348 e. The number of ether oxygens (including phenoxy) is 1. The lowest BCUT2D eigenvalue weighted by Gasteiger charge is -1.98. The highest BCUT2D eigenvalue weighted by Crippen LogP contribution is 2.31. The predicted molar refractivity (Wildman–Crippen MR) is 66.3 cm³/mol. The topological polar surface area (TPSA) is 60.4 Å². The van der Waals surface area contributed by atoms with Gasteiger partial charge in [0.15, 0.2) is 9.84 Å². The van der Waals surface area contributed by atoms with Crippen molar-refractivity contribution in [2.45, 2.75) is 4.90 Å². The van der Waals surface area contributed by atoms with Gasteiger partial charge in [0, 0.05) is 6.26 Å². The third-order valence-electron chi connectivity index (χ3n) is 2.29. The van der Waals surface area contributed by atoms with Gasteiger partial charge < -0.3 is 4.74 Å². The van der Waals surface area contributed by atoms with Gasteiger partial charge in [0.25, 0.3) is 0 Å². The van der Waals surface area contributed by atoms with Crippen LogP contribution in [0.4, 0.5) is 0 Å². The standard InChI is InChI=1S/C11H10O4S2/c1-15-11(12)8-6-7-4-3-5-9(10(7)16-8)17(2,13)14/h3-6H,1-2H3. The molecule has 0 unspecified atom stereocenters. The molecular weight excluding hydrogens is 260 g/mol. The number of sulfone groups is 1. The lowest BCUT2D eigenvalue weighted by Crippen LogP contribution is -1.97. The van der Waals surface area contributed by atoms with E-state index in [1.165, 1.54) is 13.2 Å². The van der Waals surface area contributed by atoms with E-state index >= 15 is 0 Å². The summed E-state index contributed by atoms with van der Waals surface area (Å²) in [6.07, 6.45) is 1.15. The second kappa shape index (κ2) is 4.12. The third-order valence-corrected chi connectivity index (χ3v) is 4.73. The highest BCUT2D eigenvalue weighted by Gasteiger charge is 2.16. The summed E-state index contributed by atoms with van der Waals surface area (Å²) in [5, 5.41) is 0.735. The van der Waals surface area contributed by atoms with Crippen LogP contribution in [0.5, 0.6) is 0 Å². The Hall–Kier alpha value is -1.40. The first-order valence-corrected chi connectivity index (χ1v) is 7.45. The number of rotatable bonds is 2. The van der Waals surface area contributed by atoms with Gasteiger partial charge in [-0.05, 0) is 17.5 Å². The van der Waals surface area contributed by atoms with Crippen LogP contribution in [-0.2, 0) is 14.6 Å². The van der Waals surface area contributed by atoms with Gasteiger partial charge in [0.05, 0.1) is 16.7 Å². The summed E-state index contributed by atoms with van der Waals surface area (Å²) < 4.78 is 28.4. The molecule has 0 bridgehead atoms. The van der Waals surface area contributed by atoms with Crippen molar-refractivity contribution in [3.63, 3.8) is 0 Å². The first kappa shape index (κ1) is 12.1. The monoisotopic (exact) mass is 270 g/mol. The van der Waals surface area contributed by atoms with E-state index in [1.807, 2.05) is 0 Å². The fourth-order valence-corrected chi connectivity index (χ4v) is 3.87. The van der Waals surface area contributed by atoms with E-state index in [0.29, 0.717) is 9.58 Å². The Morgan fingerprint density at radius 2 is 2.06 bits per heavy atom. The Labute approximate surface area is 103 Å². The summed E-state index contributed by atoms with van der Waals surface area (Å²) in [5.41, 5.74) is 0. The summed E-state index contributed by atoms with van der Waals surface area (Å²) in [5.74, 6) is -0.453. The molecule has 90 valence electrons. The Morgan fingerprint density at radius 3 is 2.65 bits per heavy atom. The third kappa shape index (κ3) is 2.18. The Kier molecular flexibility index (Phi) is 2.92. The van der Waals surface area contributed by atoms with Crippen molar-refractivity contribution in [1.82, 2.24) is 0 Å². The van der Waals surface area contributed by atoms with Gasteiger partial charge in [0.2, 0.25) is 0 Å². The van der Waals surface area contributed by atoms with Crippen LogP contribution in [-0.4, -0.2) is 27.8 Å². The van der Waals surface area contributed by atoms with Gasteiger partial charge in [0.1, 0.15) is 4.88 Å². The van der Waals surface area contributed by atoms with E-state index in [0.717, 1.165) is 23.0 Å². The van der Waals surface area contributed by atoms with Crippen LogP contribution in [0.3, 0.4) is 0 Å². The van der Waals surface area contributed by atoms with E-state index in [9.17, 15) is 13.2 Å². The molecule has 0 aliphatic rings. The molecule has 0 aliphatic heterocycles. The SMILES string of the molecule is COC(=O)c1cc2cccc(S(C)(=O)=O)c2s1. The van der Waals surface area contributed by atoms with Crippen molar-refractivity contribution in [3.8, 4) is 0 Å². The van der Waals surface area contributed by atoms with Crippen LogP contribution in [0.2, 0.25) is 0 Å². The minimum atomic E-state index is -3.29. The molecule has 2 aromatic rings. The number of benzene rings is 1. The minimum absolute atomic E-state index is 0.246. The molecule has 0 amide bonds. The summed E-state index contributed by atoms with van der Waals surface area (Å²) in [4.78, 5) is 12.0. The fraction of sp³-hybridized carbons (Fsp3) is 0.182. The van der Waals surface area contributed by atoms with E-state index < -0.39 is 15.8 Å². The highest BCUT2D eigenvalue weighted by atomic mass is 32.2. The van der Waals surface area contributed by atoms with Gasteiger partial charge in [-0.2, -0.15) is 0 Å². The van der Waals surface area contributed by atoms with Gasteiger partial charge in [-0.1, -0.05) is 12.1 Å². The van der Waals surface area contributed by atoms with Gasteiger partial charge in [-0.15, -0.1) is 11.3 Å². The van der Waals surface area contributed by atoms with Crippen LogP contribution in [0.15, 0.2) is 29.2 Å². The molecule has 0 aliphatic carbocycles. The van der Waals surface area contributed by atoms with Gasteiger partial charge in [-0.25, -0.2) is 13.2 Å². The lowest BCUT2D eigenvalue weighted by atomic mass is 10.2. The molecule has 17 heavy (non-hydrogen) atoms. The van der Waals surface area contributed by atoms with E-state index in [4.69, 9.17) is 0 Å². The van der Waals surface area contributed by atoms with Crippen molar-refractivity contribution < 1.29 is 17.9 Å². The normalized spacial score (nSPS) is 11.6. The zero-order valence-corrected chi connectivity index (χ0v) is 10.9. The van der Waals surface area contributed by atoms with Crippen molar-refractivity contribution in [2.24, 2.45) is 0 Å². The number of hydrogen-bond donors (Lipinski definition) is 0. The van der Waals surface area contributed by atoms with Gasteiger partial charge in [-0.3, -0.25) is 0 Å². The fourth-order valence-electron chi connectivity index (χ4n) is 1.53. The molecule has 0 radical (unpaired) electrons. The first-order valence-electron chi connectivity index (χ1n) is 4.74. The molecule has 1 aromatic heterocycles. The largest absolute Gasteiger partial charge is 0.465 e. The van der Waals surface area contributed by atoms with E-state index in [2.05, 4.69) is 4.74 Å². The van der Waals surface area contributed by atoms with E-state index in [1.54, 1.807) is 18.2 Å². The second-order valence-electron chi connectivity index (χ2n) is 3.55. The maximum absolute atomic E-state index is 11.6. The molecule has 0 spiro atoms. The van der Waals surface area contributed by atoms with Crippen LogP contribution in [0.1, 0.15) is 9.67 Å². The molecule has 4 nitrogen and oxygen atoms in total. The molecule has 2 rings (SSSR count). The molecule has 0 saturated carbocycles. The number of methoxy groups -OCH3 is 1. The summed E-state index contributed by atoms with van der Waals surface area (Å²) in [6.45, 7) is 0. The quantitative estimate of drug-likeness (QED) is 0.784. The van der Waals surface area contributed by atoms with Crippen LogP contribution >= 0.6 is 11.3 Å². The number of carbonyl (C=O) groups is 1. The average molecular weight is 270 g/mol. The summed E-state index contributed by atoms with van der Waals surface area (Å²) in [7, 11) is -1.99. The molecule has 1 heterocycles. The number of hydrogen-bond acceptors (Lipinski definition) is 5. The zero-order valence-electron chi connectivity index (χ0n) is 9.26. The molecule has 0 atom stereocenters. The Bertz CT molecular complexity index is 683. The molecule has 6 heteroatoms. The average Bonchev–Trinajstić information content (AvgIpc) is 2.69. The number of esters is 1. The van der Waals surface area contributed by atoms with Crippen molar-refractivity contribution in [3.05, 3.63) is 29.1 Å². The molecular formula is C11H10O4S2. The van der Waals surface area contributed by atoms with Crippen LogP contribution in [0, 0.1) is 0 Å². The molecule has 0 saturated heterocycles. The zero-order chi connectivity index (χ0) is 12.6. The Balaban J connectivity index is 2.74. The van der Waals surface area contributed by atoms with Crippen molar-refractivity contribution in [1.29, 1.82) is 0 Å². The number of fused-ring (bicyclic) bond motifs is 1. The Morgan fingerprint density at radius 1 is 1.35 bits per heavy atom. The molecule has 1 aromatic carbocycles. The second-order valence-corrected chi connectivity index (χ2v) is 6.59. The van der Waals surface area contributed by atoms with Crippen molar-refractivity contribution in [2.75, 3.05) is 13.4 Å². The predicted octanol–water partition coefficient (Wildman–Crippen LogP) is 2.09. The minimum Gasteiger partial charge on any atom is -0.465 e. The molecule has 0 fully saturated rings. The van der Waals surface area contributed by atoms with Crippen LogP contribution < -0.4 is 0 Å². The first-order chi connectivity index (χ1) is 7.93. The summed E-state index contributed by atoms with van der Waals surface area (Å²) >= 11 is 1.13. The highest BCUT2D eigenvalue weighted by molar-refractivity contribution is 7.91. The summed E-state index contributed by atoms with van der Waals surface area (Å²) in [6, 6.07) is 6.61. The molecule has 0 N–H and O–H groups in total. The van der Waals surface area contributed by atoms with E-state index in [-0.39, 0.29) is 4.90 Å². The number of thiophene rings is 1. The van der Waals surface area contributed by atoms with Gasteiger partial charge >= 0.3 is 5.97 Å². The maximum atomic E-state index is 11.6. The number of carbonyl (C=O) groups excluding carboxylic acids is 1. The van der Waals surface area contributed by atoms with Crippen molar-refractivity contribution >= 4 is 37.2 Å². The van der Waals surface area contributed by atoms with Crippen LogP contribution in [0.25, 0.3) is 10.1 Å². The smallest absolute Gasteiger partial charge is 0.348 e. The lowest BCUT2D eigenvalue weighted by molar-refractivity contribution is 0.0606.